The lowest BCUT2D eigenvalue weighted by Gasteiger charge is -2.34. The molecule has 1 aliphatic carbocycles. The van der Waals surface area contributed by atoms with Gasteiger partial charge in [-0.1, -0.05) is 44.2 Å². The number of nitrogens with two attached hydrogens (primary N) is 1. The number of aromatic amines is 1. The molecule has 4 aromatic rings. The zero-order valence-corrected chi connectivity index (χ0v) is 16.3. The van der Waals surface area contributed by atoms with Gasteiger partial charge in [-0.15, -0.1) is 0 Å². The lowest BCUT2D eigenvalue weighted by molar-refractivity contribution is 0.0997. The fourth-order valence-electron chi connectivity index (χ4n) is 4.73. The van der Waals surface area contributed by atoms with Crippen LogP contribution in [0.25, 0.3) is 21.8 Å². The van der Waals surface area contributed by atoms with Gasteiger partial charge in [-0.25, -0.2) is 0 Å². The number of pyridine rings is 1. The lowest BCUT2D eigenvalue weighted by atomic mass is 9.74. The van der Waals surface area contributed by atoms with Gasteiger partial charge in [0.1, 0.15) is 0 Å². The molecule has 2 aromatic heterocycles. The summed E-state index contributed by atoms with van der Waals surface area (Å²) in [5, 5.41) is 13.3. The maximum Gasteiger partial charge on any atom is 0.0819 e. The van der Waals surface area contributed by atoms with Crippen molar-refractivity contribution in [1.29, 1.82) is 0 Å². The fourth-order valence-corrected chi connectivity index (χ4v) is 4.73. The minimum atomic E-state index is -0.491. The maximum atomic E-state index is 11.0. The zero-order valence-electron chi connectivity index (χ0n) is 16.3. The standard InChI is InChI=1S/C24H25N3O/c1-24(2)12-19-22(20(28)13-24)21-16-8-3-4-9-17(16)27-23(21)18(26-19)11-14-6-5-7-15(25)10-14/h3-10,20,27-28H,11-13,25H2,1-2H3. The quantitative estimate of drug-likeness (QED) is 0.439. The predicted octanol–water partition coefficient (Wildman–Crippen LogP) is 4.89. The fraction of sp³-hybridized carbons (Fsp3) is 0.292. The van der Waals surface area contributed by atoms with Crippen molar-refractivity contribution in [3.63, 3.8) is 0 Å². The molecular weight excluding hydrogens is 346 g/mol. The van der Waals surface area contributed by atoms with E-state index in [1.807, 2.05) is 24.3 Å². The maximum absolute atomic E-state index is 11.0. The predicted molar refractivity (Wildman–Crippen MR) is 114 cm³/mol. The highest BCUT2D eigenvalue weighted by Crippen LogP contribution is 2.45. The second kappa shape index (κ2) is 6.08. The van der Waals surface area contributed by atoms with E-state index in [4.69, 9.17) is 10.7 Å². The van der Waals surface area contributed by atoms with Crippen LogP contribution in [0.5, 0.6) is 0 Å². The number of nitrogen functional groups attached to an aromatic ring is 1. The number of para-hydroxylation sites is 1. The summed E-state index contributed by atoms with van der Waals surface area (Å²) >= 11 is 0. The number of aromatic nitrogens is 2. The summed E-state index contributed by atoms with van der Waals surface area (Å²) in [6, 6.07) is 16.3. The molecule has 1 unspecified atom stereocenters. The molecule has 5 rings (SSSR count). The Balaban J connectivity index is 1.80. The van der Waals surface area contributed by atoms with E-state index in [0.29, 0.717) is 6.42 Å². The number of hydrogen-bond acceptors (Lipinski definition) is 3. The van der Waals surface area contributed by atoms with Gasteiger partial charge in [0.2, 0.25) is 0 Å². The largest absolute Gasteiger partial charge is 0.399 e. The van der Waals surface area contributed by atoms with Crippen molar-refractivity contribution in [2.24, 2.45) is 5.41 Å². The van der Waals surface area contributed by atoms with Crippen molar-refractivity contribution in [2.45, 2.75) is 39.2 Å². The van der Waals surface area contributed by atoms with E-state index in [2.05, 4.69) is 43.1 Å². The molecule has 0 fully saturated rings. The third-order valence-corrected chi connectivity index (χ3v) is 5.89. The molecule has 0 saturated carbocycles. The highest BCUT2D eigenvalue weighted by atomic mass is 16.3. The van der Waals surface area contributed by atoms with Crippen LogP contribution in [0.3, 0.4) is 0 Å². The average Bonchev–Trinajstić information content (AvgIpc) is 3.00. The Hall–Kier alpha value is -2.85. The van der Waals surface area contributed by atoms with Gasteiger partial charge in [0, 0.05) is 39.7 Å². The summed E-state index contributed by atoms with van der Waals surface area (Å²) in [6.07, 6.45) is 1.84. The minimum Gasteiger partial charge on any atom is -0.399 e. The Kier molecular flexibility index (Phi) is 3.75. The van der Waals surface area contributed by atoms with Gasteiger partial charge in [-0.05, 0) is 42.0 Å². The van der Waals surface area contributed by atoms with E-state index >= 15 is 0 Å². The monoisotopic (exact) mass is 371 g/mol. The van der Waals surface area contributed by atoms with Crippen LogP contribution in [-0.4, -0.2) is 15.1 Å². The first-order chi connectivity index (χ1) is 13.4. The van der Waals surface area contributed by atoms with Crippen LogP contribution in [0.2, 0.25) is 0 Å². The van der Waals surface area contributed by atoms with Gasteiger partial charge in [-0.3, -0.25) is 4.98 Å². The van der Waals surface area contributed by atoms with E-state index in [1.54, 1.807) is 0 Å². The number of hydrogen-bond donors (Lipinski definition) is 3. The van der Waals surface area contributed by atoms with E-state index in [9.17, 15) is 5.11 Å². The van der Waals surface area contributed by atoms with E-state index in [-0.39, 0.29) is 5.41 Å². The van der Waals surface area contributed by atoms with Gasteiger partial charge in [0.05, 0.1) is 17.3 Å². The number of nitrogens with zero attached hydrogens (tertiary/aromatic N) is 1. The average molecular weight is 371 g/mol. The van der Waals surface area contributed by atoms with Crippen molar-refractivity contribution in [1.82, 2.24) is 9.97 Å². The Morgan fingerprint density at radius 3 is 2.82 bits per heavy atom. The Morgan fingerprint density at radius 1 is 1.18 bits per heavy atom. The molecular formula is C24H25N3O. The minimum absolute atomic E-state index is 0.0354. The van der Waals surface area contributed by atoms with Gasteiger partial charge < -0.3 is 15.8 Å². The number of aliphatic hydroxyl groups is 1. The zero-order chi connectivity index (χ0) is 19.5. The van der Waals surface area contributed by atoms with Crippen molar-refractivity contribution in [2.75, 3.05) is 5.73 Å². The Morgan fingerprint density at radius 2 is 2.00 bits per heavy atom. The molecule has 0 radical (unpaired) electrons. The first-order valence-electron chi connectivity index (χ1n) is 9.86. The Labute approximate surface area is 164 Å². The highest BCUT2D eigenvalue weighted by molar-refractivity contribution is 6.10. The molecule has 0 bridgehead atoms. The van der Waals surface area contributed by atoms with Crippen molar-refractivity contribution >= 4 is 27.5 Å². The molecule has 0 aliphatic heterocycles. The van der Waals surface area contributed by atoms with Crippen LogP contribution in [-0.2, 0) is 12.8 Å². The third-order valence-electron chi connectivity index (χ3n) is 5.89. The SMILES string of the molecule is CC1(C)Cc2nc(Cc3cccc(N)c3)c3[nH]c4ccccc4c3c2C(O)C1. The number of H-pyrrole nitrogens is 1. The number of aliphatic hydroxyl groups excluding tert-OH is 1. The van der Waals surface area contributed by atoms with Crippen molar-refractivity contribution in [3.8, 4) is 0 Å². The molecule has 4 heteroatoms. The van der Waals surface area contributed by atoms with Gasteiger partial charge in [0.25, 0.3) is 0 Å². The molecule has 142 valence electrons. The van der Waals surface area contributed by atoms with Crippen molar-refractivity contribution < 1.29 is 5.11 Å². The summed E-state index contributed by atoms with van der Waals surface area (Å²) in [5.74, 6) is 0. The normalized spacial score (nSPS) is 18.5. The van der Waals surface area contributed by atoms with Crippen LogP contribution >= 0.6 is 0 Å². The lowest BCUT2D eigenvalue weighted by Crippen LogP contribution is -2.27. The molecule has 1 aliphatic rings. The van der Waals surface area contributed by atoms with Crippen LogP contribution in [0, 0.1) is 5.41 Å². The number of nitrogens with one attached hydrogen (secondary N) is 1. The second-order valence-electron chi connectivity index (χ2n) is 8.82. The molecule has 2 heterocycles. The molecule has 4 N–H and O–H groups in total. The topological polar surface area (TPSA) is 74.9 Å². The summed E-state index contributed by atoms with van der Waals surface area (Å²) < 4.78 is 0. The molecule has 1 atom stereocenters. The molecule has 28 heavy (non-hydrogen) atoms. The molecule has 0 saturated heterocycles. The first-order valence-corrected chi connectivity index (χ1v) is 9.86. The second-order valence-corrected chi connectivity index (χ2v) is 8.82. The first kappa shape index (κ1) is 17.3. The Bertz CT molecular complexity index is 1210. The molecule has 4 nitrogen and oxygen atoms in total. The number of rotatable bonds is 2. The summed E-state index contributed by atoms with van der Waals surface area (Å²) in [6.45, 7) is 4.41. The van der Waals surface area contributed by atoms with E-state index < -0.39 is 6.10 Å². The van der Waals surface area contributed by atoms with Gasteiger partial charge in [-0.2, -0.15) is 0 Å². The molecule has 0 amide bonds. The van der Waals surface area contributed by atoms with Crippen LogP contribution < -0.4 is 5.73 Å². The number of benzene rings is 2. The summed E-state index contributed by atoms with van der Waals surface area (Å²) in [5.41, 5.74) is 13.1. The van der Waals surface area contributed by atoms with Crippen molar-refractivity contribution in [3.05, 3.63) is 71.0 Å². The van der Waals surface area contributed by atoms with Crippen LogP contribution in [0.15, 0.2) is 48.5 Å². The van der Waals surface area contributed by atoms with Gasteiger partial charge >= 0.3 is 0 Å². The van der Waals surface area contributed by atoms with Gasteiger partial charge in [0.15, 0.2) is 0 Å². The van der Waals surface area contributed by atoms with Crippen LogP contribution in [0.4, 0.5) is 5.69 Å². The summed E-state index contributed by atoms with van der Waals surface area (Å²) in [4.78, 5) is 8.64. The van der Waals surface area contributed by atoms with E-state index in [1.165, 1.54) is 0 Å². The number of fused-ring (bicyclic) bond motifs is 5. The summed E-state index contributed by atoms with van der Waals surface area (Å²) in [7, 11) is 0. The smallest absolute Gasteiger partial charge is 0.0819 e. The molecule has 2 aromatic carbocycles. The van der Waals surface area contributed by atoms with E-state index in [0.717, 1.165) is 62.8 Å². The molecule has 0 spiro atoms. The number of anilines is 1. The third kappa shape index (κ3) is 2.76. The van der Waals surface area contributed by atoms with Crippen LogP contribution in [0.1, 0.15) is 48.9 Å². The highest BCUT2D eigenvalue weighted by Gasteiger charge is 2.35.